The summed E-state index contributed by atoms with van der Waals surface area (Å²) in [5.74, 6) is -1.77. The second kappa shape index (κ2) is 12.9. The number of aliphatic carboxylic acids is 1. The summed E-state index contributed by atoms with van der Waals surface area (Å²) in [5.41, 5.74) is 2.05. The molecular weight excluding hydrogens is 625 g/mol. The highest BCUT2D eigenvalue weighted by Crippen LogP contribution is 2.53. The number of amides is 1. The fraction of sp³-hybridized carbons (Fsp3) is 0.344. The van der Waals surface area contributed by atoms with Crippen LogP contribution in [0.15, 0.2) is 72.8 Å². The van der Waals surface area contributed by atoms with Crippen molar-refractivity contribution in [3.05, 3.63) is 105 Å². The number of carboxylic acids is 1. The van der Waals surface area contributed by atoms with Gasteiger partial charge in [-0.15, -0.1) is 0 Å². The van der Waals surface area contributed by atoms with Crippen LogP contribution in [0.3, 0.4) is 0 Å². The van der Waals surface area contributed by atoms with Crippen LogP contribution in [-0.2, 0) is 29.1 Å². The number of benzene rings is 3. The number of carbonyl (C=O) groups is 2. The molecule has 0 radical (unpaired) electrons. The first-order valence-corrected chi connectivity index (χ1v) is 16.4. The van der Waals surface area contributed by atoms with Crippen molar-refractivity contribution in [1.82, 2.24) is 9.62 Å². The number of carbonyl (C=O) groups excluding carboxylic acids is 1. The topological polar surface area (TPSA) is 137 Å². The van der Waals surface area contributed by atoms with E-state index in [1.807, 2.05) is 6.92 Å². The number of carboxylic acid groups (broad SMARTS) is 1. The molecule has 2 aliphatic rings. The zero-order chi connectivity index (χ0) is 31.6. The van der Waals surface area contributed by atoms with Gasteiger partial charge in [0.25, 0.3) is 5.91 Å². The van der Waals surface area contributed by atoms with Gasteiger partial charge >= 0.3 is 5.97 Å². The van der Waals surface area contributed by atoms with Gasteiger partial charge in [0.2, 0.25) is 10.0 Å². The zero-order valence-electron chi connectivity index (χ0n) is 23.8. The van der Waals surface area contributed by atoms with Crippen LogP contribution in [-0.4, -0.2) is 49.0 Å². The van der Waals surface area contributed by atoms with Gasteiger partial charge in [-0.1, -0.05) is 72.6 Å². The molecule has 3 aromatic carbocycles. The minimum absolute atomic E-state index is 0.132. The summed E-state index contributed by atoms with van der Waals surface area (Å²) in [4.78, 5) is 27.4. The quantitative estimate of drug-likeness (QED) is 0.269. The molecule has 0 aromatic heterocycles. The second-order valence-electron chi connectivity index (χ2n) is 11.0. The Hall–Kier alpha value is -3.46. The van der Waals surface area contributed by atoms with Gasteiger partial charge in [0.05, 0.1) is 24.1 Å². The third kappa shape index (κ3) is 6.21. The van der Waals surface area contributed by atoms with E-state index in [1.165, 1.54) is 0 Å². The Morgan fingerprint density at radius 3 is 2.41 bits per heavy atom. The maximum atomic E-state index is 14.1. The Labute approximate surface area is 266 Å². The molecular formula is C32H31Cl2N3O6S. The van der Waals surface area contributed by atoms with Gasteiger partial charge in [0, 0.05) is 22.6 Å². The smallest absolute Gasteiger partial charge is 0.306 e. The van der Waals surface area contributed by atoms with E-state index in [9.17, 15) is 28.4 Å². The van der Waals surface area contributed by atoms with Crippen molar-refractivity contribution in [2.75, 3.05) is 6.54 Å². The average Bonchev–Trinajstić information content (AvgIpc) is 3.82. The minimum atomic E-state index is -3.99. The lowest BCUT2D eigenvalue weighted by molar-refractivity contribution is -0.183. The number of nitrogens with zero attached hydrogens (tertiary/aromatic N) is 2. The van der Waals surface area contributed by atoms with E-state index >= 15 is 0 Å². The van der Waals surface area contributed by atoms with Crippen molar-refractivity contribution >= 4 is 45.1 Å². The maximum Gasteiger partial charge on any atom is 0.306 e. The summed E-state index contributed by atoms with van der Waals surface area (Å²) in [6.45, 7) is 1.70. The number of ether oxygens (including phenoxy) is 1. The Morgan fingerprint density at radius 2 is 1.80 bits per heavy atom. The fourth-order valence-electron chi connectivity index (χ4n) is 5.96. The monoisotopic (exact) mass is 655 g/mol. The summed E-state index contributed by atoms with van der Waals surface area (Å²) in [6.07, 6.45) is -1.64. The average molecular weight is 657 g/mol. The van der Waals surface area contributed by atoms with Crippen LogP contribution in [0.2, 0.25) is 10.0 Å². The number of sulfonamides is 1. The SMILES string of the molecule is CC[C@@H](CNS(=O)(=O)C1(c2ccccc2C#N)CC1)N1C(=O)[C@H](CC(=O)O)O[C@H](c2cccc(Cl)c2)[C@H]1c1ccc(Cl)cc1. The first-order chi connectivity index (χ1) is 21.0. The summed E-state index contributed by atoms with van der Waals surface area (Å²) < 4.78 is 35.4. The van der Waals surface area contributed by atoms with Gasteiger partial charge in [-0.3, -0.25) is 9.59 Å². The molecule has 1 aliphatic carbocycles. The fourth-order valence-corrected chi connectivity index (χ4v) is 8.08. The number of rotatable bonds is 11. The lowest BCUT2D eigenvalue weighted by Crippen LogP contribution is -2.57. The van der Waals surface area contributed by atoms with E-state index in [1.54, 1.807) is 77.7 Å². The van der Waals surface area contributed by atoms with E-state index in [0.29, 0.717) is 51.6 Å². The van der Waals surface area contributed by atoms with Crippen molar-refractivity contribution < 1.29 is 27.9 Å². The van der Waals surface area contributed by atoms with Crippen LogP contribution >= 0.6 is 23.2 Å². The Bertz CT molecular complexity index is 1710. The number of hydrogen-bond acceptors (Lipinski definition) is 6. The molecule has 2 N–H and O–H groups in total. The van der Waals surface area contributed by atoms with Crippen molar-refractivity contribution in [1.29, 1.82) is 5.26 Å². The van der Waals surface area contributed by atoms with Gasteiger partial charge in [-0.25, -0.2) is 13.1 Å². The number of hydrogen-bond donors (Lipinski definition) is 2. The minimum Gasteiger partial charge on any atom is -0.481 e. The molecule has 5 rings (SSSR count). The van der Waals surface area contributed by atoms with Crippen molar-refractivity contribution in [3.63, 3.8) is 0 Å². The molecule has 9 nitrogen and oxygen atoms in total. The molecule has 230 valence electrons. The Morgan fingerprint density at radius 1 is 1.09 bits per heavy atom. The third-order valence-electron chi connectivity index (χ3n) is 8.31. The van der Waals surface area contributed by atoms with Crippen molar-refractivity contribution in [2.45, 2.75) is 61.6 Å². The van der Waals surface area contributed by atoms with E-state index < -0.39 is 57.4 Å². The summed E-state index contributed by atoms with van der Waals surface area (Å²) >= 11 is 12.5. The lowest BCUT2D eigenvalue weighted by atomic mass is 9.89. The first-order valence-electron chi connectivity index (χ1n) is 14.2. The van der Waals surface area contributed by atoms with E-state index in [4.69, 9.17) is 27.9 Å². The molecule has 1 saturated heterocycles. The van der Waals surface area contributed by atoms with Gasteiger partial charge < -0.3 is 14.7 Å². The maximum absolute atomic E-state index is 14.1. The highest BCUT2D eigenvalue weighted by Gasteiger charge is 2.57. The van der Waals surface area contributed by atoms with E-state index in [2.05, 4.69) is 10.8 Å². The van der Waals surface area contributed by atoms with Crippen LogP contribution in [0, 0.1) is 11.3 Å². The molecule has 44 heavy (non-hydrogen) atoms. The van der Waals surface area contributed by atoms with Crippen molar-refractivity contribution in [2.24, 2.45) is 0 Å². The number of halogens is 2. The normalized spacial score (nSPS) is 21.8. The Kier molecular flexibility index (Phi) is 9.35. The van der Waals surface area contributed by atoms with Crippen LogP contribution in [0.1, 0.15) is 67.0 Å². The molecule has 2 fully saturated rings. The van der Waals surface area contributed by atoms with E-state index in [0.717, 1.165) is 0 Å². The first kappa shape index (κ1) is 31.9. The molecule has 0 bridgehead atoms. The molecule has 0 unspecified atom stereocenters. The van der Waals surface area contributed by atoms with Gasteiger partial charge in [-0.05, 0) is 66.3 Å². The van der Waals surface area contributed by atoms with Crippen LogP contribution < -0.4 is 4.72 Å². The van der Waals surface area contributed by atoms with Gasteiger partial charge in [-0.2, -0.15) is 5.26 Å². The molecule has 1 heterocycles. The molecule has 12 heteroatoms. The summed E-state index contributed by atoms with van der Waals surface area (Å²) in [6, 6.07) is 21.2. The third-order valence-corrected chi connectivity index (χ3v) is 11.0. The van der Waals surface area contributed by atoms with E-state index in [-0.39, 0.29) is 6.54 Å². The summed E-state index contributed by atoms with van der Waals surface area (Å²) in [7, 11) is -3.99. The van der Waals surface area contributed by atoms with Gasteiger partial charge in [0.1, 0.15) is 17.0 Å². The van der Waals surface area contributed by atoms with Crippen LogP contribution in [0.5, 0.6) is 0 Å². The number of nitrogens with one attached hydrogen (secondary N) is 1. The van der Waals surface area contributed by atoms with Crippen molar-refractivity contribution in [3.8, 4) is 6.07 Å². The lowest BCUT2D eigenvalue weighted by Gasteiger charge is -2.48. The molecule has 0 spiro atoms. The Balaban J connectivity index is 1.54. The van der Waals surface area contributed by atoms with Gasteiger partial charge in [0.15, 0.2) is 0 Å². The molecule has 1 aliphatic heterocycles. The largest absolute Gasteiger partial charge is 0.481 e. The second-order valence-corrected chi connectivity index (χ2v) is 14.0. The zero-order valence-corrected chi connectivity index (χ0v) is 26.1. The standard InChI is InChI=1S/C32H31Cl2N3O6S/c1-2-25(19-36-44(41,42)32(14-15-32)26-9-4-3-6-22(26)18-35)37-29(20-10-12-23(33)13-11-20)30(21-7-5-8-24(34)16-21)43-27(31(37)40)17-28(38)39/h3-13,16,25,27,29-30,36H,2,14-15,17,19H2,1H3,(H,38,39)/t25-,27-,29+,30+/m0/s1. The molecule has 1 saturated carbocycles. The molecule has 4 atom stereocenters. The molecule has 3 aromatic rings. The van der Waals surface area contributed by atoms with Crippen LogP contribution in [0.4, 0.5) is 0 Å². The highest BCUT2D eigenvalue weighted by molar-refractivity contribution is 7.90. The predicted octanol–water partition coefficient (Wildman–Crippen LogP) is 5.74. The highest BCUT2D eigenvalue weighted by atomic mass is 35.5. The predicted molar refractivity (Wildman–Crippen MR) is 165 cm³/mol. The summed E-state index contributed by atoms with van der Waals surface area (Å²) in [5, 5.41) is 20.2. The number of nitriles is 1. The molecule has 1 amide bonds. The number of morpholine rings is 1. The van der Waals surface area contributed by atoms with Crippen LogP contribution in [0.25, 0.3) is 0 Å².